The third-order valence-electron chi connectivity index (χ3n) is 5.92. The molecule has 38 heavy (non-hydrogen) atoms. The summed E-state index contributed by atoms with van der Waals surface area (Å²) in [7, 11) is -0.628. The number of ether oxygens (including phenoxy) is 1. The number of benzene rings is 3. The van der Waals surface area contributed by atoms with E-state index in [1.54, 1.807) is 29.1 Å². The fraction of sp³-hybridized carbons (Fsp3) is 0.148. The van der Waals surface area contributed by atoms with Gasteiger partial charge in [-0.3, -0.25) is 4.79 Å². The molecule has 0 saturated carbocycles. The van der Waals surface area contributed by atoms with Crippen LogP contribution in [0.15, 0.2) is 87.1 Å². The van der Waals surface area contributed by atoms with E-state index < -0.39 is 10.0 Å². The fourth-order valence-electron chi connectivity index (χ4n) is 3.82. The van der Waals surface area contributed by atoms with Gasteiger partial charge >= 0.3 is 0 Å². The van der Waals surface area contributed by atoms with Gasteiger partial charge in [-0.25, -0.2) is 22.4 Å². The average Bonchev–Trinajstić information content (AvgIpc) is 3.30. The number of carbonyl (C=O) groups excluding carboxylic acids is 1. The molecule has 0 atom stereocenters. The highest BCUT2D eigenvalue weighted by atomic mass is 32.2. The Morgan fingerprint density at radius 1 is 1.08 bits per heavy atom. The lowest BCUT2D eigenvalue weighted by atomic mass is 10.1. The molecule has 5 rings (SSSR count). The maximum atomic E-state index is 12.6. The maximum Gasteiger partial charge on any atom is 0.262 e. The van der Waals surface area contributed by atoms with E-state index in [4.69, 9.17) is 14.8 Å². The molecule has 0 spiro atoms. The van der Waals surface area contributed by atoms with Gasteiger partial charge in [0.1, 0.15) is 5.75 Å². The largest absolute Gasteiger partial charge is 0.482 e. The Hall–Kier alpha value is -4.06. The summed E-state index contributed by atoms with van der Waals surface area (Å²) in [6, 6.07) is 19.9. The van der Waals surface area contributed by atoms with Crippen LogP contribution >= 0.6 is 11.3 Å². The number of nitrogens with zero attached hydrogens (tertiary/aromatic N) is 4. The lowest BCUT2D eigenvalue weighted by Crippen LogP contribution is -2.25. The normalized spacial score (nSPS) is 14.0. The van der Waals surface area contributed by atoms with Crippen molar-refractivity contribution in [2.45, 2.75) is 11.8 Å². The van der Waals surface area contributed by atoms with Gasteiger partial charge in [0.2, 0.25) is 14.8 Å². The fourth-order valence-corrected chi connectivity index (χ4v) is 5.61. The van der Waals surface area contributed by atoms with Crippen molar-refractivity contribution in [2.75, 3.05) is 26.0 Å². The number of hydrogen-bond donors (Lipinski definition) is 1. The summed E-state index contributed by atoms with van der Waals surface area (Å²) in [5, 5.41) is 9.52. The number of anilines is 1. The minimum Gasteiger partial charge on any atom is -0.482 e. The first-order chi connectivity index (χ1) is 18.2. The van der Waals surface area contributed by atoms with Crippen molar-refractivity contribution >= 4 is 44.9 Å². The number of thiazole rings is 1. The summed E-state index contributed by atoms with van der Waals surface area (Å²) in [4.78, 5) is 17.3. The van der Waals surface area contributed by atoms with Gasteiger partial charge in [0, 0.05) is 25.0 Å². The predicted molar refractivity (Wildman–Crippen MR) is 149 cm³/mol. The lowest BCUT2D eigenvalue weighted by Gasteiger charge is -2.18. The lowest BCUT2D eigenvalue weighted by molar-refractivity contribution is -0.118. The van der Waals surface area contributed by atoms with Crippen LogP contribution in [0.4, 0.5) is 11.4 Å². The zero-order valence-electron chi connectivity index (χ0n) is 21.0. The first-order valence-corrected chi connectivity index (χ1v) is 14.0. The molecule has 9 nitrogen and oxygen atoms in total. The summed E-state index contributed by atoms with van der Waals surface area (Å²) in [5.74, 6) is 0.385. The van der Waals surface area contributed by atoms with Crippen molar-refractivity contribution < 1.29 is 17.9 Å². The molecule has 1 amide bonds. The van der Waals surface area contributed by atoms with E-state index in [0.29, 0.717) is 21.9 Å². The van der Waals surface area contributed by atoms with Crippen molar-refractivity contribution in [3.05, 3.63) is 88.0 Å². The second-order valence-corrected chi connectivity index (χ2v) is 11.7. The van der Waals surface area contributed by atoms with Crippen LogP contribution in [0.5, 0.6) is 5.75 Å². The van der Waals surface area contributed by atoms with Crippen LogP contribution in [0.25, 0.3) is 11.3 Å². The van der Waals surface area contributed by atoms with Crippen LogP contribution in [-0.2, 0) is 14.8 Å². The maximum absolute atomic E-state index is 12.6. The number of rotatable bonds is 6. The molecule has 3 aromatic carbocycles. The summed E-state index contributed by atoms with van der Waals surface area (Å²) in [5.41, 5.74) is 4.64. The number of sulfonamides is 1. The Kier molecular flexibility index (Phi) is 6.98. The number of fused-ring (bicyclic) bond motifs is 1. The molecule has 11 heteroatoms. The summed E-state index contributed by atoms with van der Waals surface area (Å²) in [6.45, 7) is 1.99. The van der Waals surface area contributed by atoms with Gasteiger partial charge in [-0.05, 0) is 54.4 Å². The smallest absolute Gasteiger partial charge is 0.262 e. The molecule has 2 heterocycles. The molecular formula is C27H25N5O4S2. The second-order valence-electron chi connectivity index (χ2n) is 8.76. The van der Waals surface area contributed by atoms with Crippen molar-refractivity contribution in [3.8, 4) is 17.0 Å². The van der Waals surface area contributed by atoms with E-state index in [1.165, 1.54) is 35.8 Å². The topological polar surface area (TPSA) is 105 Å². The third kappa shape index (κ3) is 5.17. The summed E-state index contributed by atoms with van der Waals surface area (Å²) < 4.78 is 33.7. The van der Waals surface area contributed by atoms with E-state index >= 15 is 0 Å². The van der Waals surface area contributed by atoms with Gasteiger partial charge in [0.05, 0.1) is 28.2 Å². The zero-order valence-corrected chi connectivity index (χ0v) is 22.6. The molecular weight excluding hydrogens is 522 g/mol. The third-order valence-corrected chi connectivity index (χ3v) is 8.54. The molecule has 1 aromatic heterocycles. The Bertz CT molecular complexity index is 1740. The molecule has 0 saturated heterocycles. The predicted octanol–water partition coefficient (Wildman–Crippen LogP) is 4.22. The van der Waals surface area contributed by atoms with Crippen molar-refractivity contribution in [3.63, 3.8) is 0 Å². The van der Waals surface area contributed by atoms with Crippen molar-refractivity contribution in [1.82, 2.24) is 8.98 Å². The standard InChI is InChI=1S/C27H25N5O4S2/c1-18-7-4-5-8-20(18)15-28-32-24(19-11-12-25-23(13-19)30-26(33)16-36-25)17-37-27(32)29-21-9-6-10-22(14-21)38(34,35)31(2)3/h4-15,17H,16H2,1-3H3,(H,30,33). The molecule has 194 valence electrons. The molecule has 1 aliphatic rings. The molecule has 4 aromatic rings. The number of aryl methyl sites for hydroxylation is 1. The Morgan fingerprint density at radius 2 is 1.89 bits per heavy atom. The van der Waals surface area contributed by atoms with Crippen molar-refractivity contribution in [2.24, 2.45) is 10.1 Å². The van der Waals surface area contributed by atoms with Crippen LogP contribution in [0, 0.1) is 6.92 Å². The Morgan fingerprint density at radius 3 is 2.68 bits per heavy atom. The number of amides is 1. The van der Waals surface area contributed by atoms with Crippen LogP contribution < -0.4 is 14.9 Å². The van der Waals surface area contributed by atoms with Crippen LogP contribution in [0.1, 0.15) is 11.1 Å². The second kappa shape index (κ2) is 10.4. The van der Waals surface area contributed by atoms with Crippen LogP contribution in [0.3, 0.4) is 0 Å². The van der Waals surface area contributed by atoms with Gasteiger partial charge in [-0.15, -0.1) is 11.3 Å². The minimum atomic E-state index is -3.61. The Labute approximate surface area is 224 Å². The van der Waals surface area contributed by atoms with Gasteiger partial charge in [-0.2, -0.15) is 5.10 Å². The van der Waals surface area contributed by atoms with Gasteiger partial charge in [-0.1, -0.05) is 30.3 Å². The molecule has 0 fully saturated rings. The van der Waals surface area contributed by atoms with E-state index in [-0.39, 0.29) is 17.4 Å². The minimum absolute atomic E-state index is 0.0167. The van der Waals surface area contributed by atoms with E-state index in [9.17, 15) is 13.2 Å². The molecule has 1 N–H and O–H groups in total. The van der Waals surface area contributed by atoms with Gasteiger partial charge in [0.25, 0.3) is 5.91 Å². The summed E-state index contributed by atoms with van der Waals surface area (Å²) in [6.07, 6.45) is 1.76. The molecule has 0 bridgehead atoms. The van der Waals surface area contributed by atoms with Gasteiger partial charge < -0.3 is 10.1 Å². The van der Waals surface area contributed by atoms with E-state index in [2.05, 4.69) is 5.32 Å². The average molecular weight is 548 g/mol. The first-order valence-electron chi connectivity index (χ1n) is 11.7. The van der Waals surface area contributed by atoms with E-state index in [0.717, 1.165) is 22.4 Å². The first kappa shape index (κ1) is 25.6. The molecule has 0 aliphatic carbocycles. The van der Waals surface area contributed by atoms with Gasteiger partial charge in [0.15, 0.2) is 6.61 Å². The zero-order chi connectivity index (χ0) is 26.9. The van der Waals surface area contributed by atoms with E-state index in [1.807, 2.05) is 54.8 Å². The highest BCUT2D eigenvalue weighted by Gasteiger charge is 2.19. The molecule has 0 unspecified atom stereocenters. The summed E-state index contributed by atoms with van der Waals surface area (Å²) >= 11 is 1.37. The SMILES string of the molecule is Cc1ccccc1C=Nn1c(-c2ccc3c(c2)NC(=O)CO3)csc1=Nc1cccc(S(=O)(=O)N(C)C)c1. The molecule has 1 aliphatic heterocycles. The number of aromatic nitrogens is 1. The number of nitrogens with one attached hydrogen (secondary N) is 1. The number of hydrogen-bond acceptors (Lipinski definition) is 7. The molecule has 0 radical (unpaired) electrons. The highest BCUT2D eigenvalue weighted by molar-refractivity contribution is 7.89. The monoisotopic (exact) mass is 547 g/mol. The highest BCUT2D eigenvalue weighted by Crippen LogP contribution is 2.33. The van der Waals surface area contributed by atoms with Crippen LogP contribution in [0.2, 0.25) is 0 Å². The Balaban J connectivity index is 1.64. The van der Waals surface area contributed by atoms with Crippen LogP contribution in [-0.4, -0.2) is 50.2 Å². The number of carbonyl (C=O) groups is 1. The quantitative estimate of drug-likeness (QED) is 0.365. The van der Waals surface area contributed by atoms with Crippen molar-refractivity contribution in [1.29, 1.82) is 0 Å².